The second-order valence-electron chi connectivity index (χ2n) is 3.94. The average molecular weight is 269 g/mol. The first-order chi connectivity index (χ1) is 7.75. The highest BCUT2D eigenvalue weighted by atomic mass is 33.1. The fourth-order valence-electron chi connectivity index (χ4n) is 1.63. The van der Waals surface area contributed by atoms with E-state index in [1.54, 1.807) is 21.6 Å². The highest BCUT2D eigenvalue weighted by Gasteiger charge is 2.15. The Morgan fingerprint density at radius 3 is 2.44 bits per heavy atom. The normalized spacial score (nSPS) is 15.4. The lowest BCUT2D eigenvalue weighted by Gasteiger charge is -2.16. The number of nitrogens with zero attached hydrogens (tertiary/aromatic N) is 1. The van der Waals surface area contributed by atoms with E-state index in [9.17, 15) is 0 Å². The van der Waals surface area contributed by atoms with E-state index in [0.29, 0.717) is 0 Å². The molecule has 0 atom stereocenters. The lowest BCUT2D eigenvalue weighted by Crippen LogP contribution is -2.22. The average Bonchev–Trinajstić information content (AvgIpc) is 2.81. The van der Waals surface area contributed by atoms with E-state index in [2.05, 4.69) is 36.1 Å². The molecule has 0 bridgehead atoms. The zero-order valence-electron chi connectivity index (χ0n) is 9.31. The number of likely N-dealkylation sites (tertiary alicyclic amines) is 1. The fourth-order valence-corrected chi connectivity index (χ4v) is 3.97. The first-order valence-electron chi connectivity index (χ1n) is 5.46. The van der Waals surface area contributed by atoms with Gasteiger partial charge in [0.2, 0.25) is 0 Å². The maximum atomic E-state index is 5.41. The molecule has 0 aromatic heterocycles. The van der Waals surface area contributed by atoms with E-state index in [4.69, 9.17) is 12.2 Å². The topological polar surface area (TPSA) is 3.24 Å². The Hall–Kier alpha value is -0.190. The predicted molar refractivity (Wildman–Crippen MR) is 78.0 cm³/mol. The van der Waals surface area contributed by atoms with E-state index in [1.165, 1.54) is 23.3 Å². The van der Waals surface area contributed by atoms with Gasteiger partial charge in [0.05, 0.1) is 0 Å². The van der Waals surface area contributed by atoms with Crippen LogP contribution >= 0.6 is 33.8 Å². The molecule has 16 heavy (non-hydrogen) atoms. The zero-order valence-corrected chi connectivity index (χ0v) is 11.8. The smallest absolute Gasteiger partial charge is 0.147 e. The van der Waals surface area contributed by atoms with Gasteiger partial charge in [0.25, 0.3) is 0 Å². The van der Waals surface area contributed by atoms with Crippen LogP contribution in [0.15, 0.2) is 29.2 Å². The van der Waals surface area contributed by atoms with E-state index >= 15 is 0 Å². The Labute approximate surface area is 110 Å². The summed E-state index contributed by atoms with van der Waals surface area (Å²) < 4.78 is 1.03. The summed E-state index contributed by atoms with van der Waals surface area (Å²) in [7, 11) is 3.46. The van der Waals surface area contributed by atoms with Crippen LogP contribution in [0.5, 0.6) is 0 Å². The molecular formula is C12H15NS3. The summed E-state index contributed by atoms with van der Waals surface area (Å²) >= 11 is 5.41. The highest BCUT2D eigenvalue weighted by molar-refractivity contribution is 8.83. The molecule has 0 amide bonds. The molecule has 1 aromatic carbocycles. The van der Waals surface area contributed by atoms with Gasteiger partial charge in [0, 0.05) is 18.0 Å². The largest absolute Gasteiger partial charge is 0.357 e. The van der Waals surface area contributed by atoms with Crippen LogP contribution in [0.2, 0.25) is 0 Å². The van der Waals surface area contributed by atoms with E-state index in [0.717, 1.165) is 17.4 Å². The standard InChI is InChI=1S/C12H15NS3/c1-10-4-6-11(7-5-10)15-16-12(14)13-8-2-3-9-13/h4-7H,2-3,8-9H2,1H3. The molecule has 0 radical (unpaired) electrons. The minimum atomic E-state index is 1.03. The minimum Gasteiger partial charge on any atom is -0.357 e. The second-order valence-corrected chi connectivity index (χ2v) is 6.78. The van der Waals surface area contributed by atoms with Crippen LogP contribution in [0.4, 0.5) is 0 Å². The number of hydrogen-bond acceptors (Lipinski definition) is 3. The van der Waals surface area contributed by atoms with Gasteiger partial charge in [-0.2, -0.15) is 0 Å². The quantitative estimate of drug-likeness (QED) is 0.586. The summed E-state index contributed by atoms with van der Waals surface area (Å²) in [6, 6.07) is 8.59. The van der Waals surface area contributed by atoms with Crippen molar-refractivity contribution in [1.82, 2.24) is 4.90 Å². The number of thiocarbonyl (C=S) groups is 1. The van der Waals surface area contributed by atoms with Gasteiger partial charge in [0.15, 0.2) is 0 Å². The summed E-state index contributed by atoms with van der Waals surface area (Å²) in [5.74, 6) is 0. The number of benzene rings is 1. The molecule has 0 aliphatic carbocycles. The lowest BCUT2D eigenvalue weighted by molar-refractivity contribution is 0.539. The van der Waals surface area contributed by atoms with Crippen molar-refractivity contribution in [2.24, 2.45) is 0 Å². The van der Waals surface area contributed by atoms with Crippen LogP contribution in [-0.2, 0) is 0 Å². The van der Waals surface area contributed by atoms with Crippen molar-refractivity contribution in [2.45, 2.75) is 24.7 Å². The number of aryl methyl sites for hydroxylation is 1. The molecule has 1 aromatic rings. The molecule has 4 heteroatoms. The Morgan fingerprint density at radius 1 is 1.19 bits per heavy atom. The van der Waals surface area contributed by atoms with Crippen molar-refractivity contribution in [3.63, 3.8) is 0 Å². The molecule has 0 spiro atoms. The third kappa shape index (κ3) is 3.40. The Kier molecular flexibility index (Phi) is 4.55. The van der Waals surface area contributed by atoms with Crippen LogP contribution in [0.1, 0.15) is 18.4 Å². The summed E-state index contributed by atoms with van der Waals surface area (Å²) in [5.41, 5.74) is 1.30. The maximum absolute atomic E-state index is 5.41. The van der Waals surface area contributed by atoms with E-state index in [1.807, 2.05) is 0 Å². The van der Waals surface area contributed by atoms with Gasteiger partial charge < -0.3 is 4.90 Å². The van der Waals surface area contributed by atoms with Crippen LogP contribution in [0.3, 0.4) is 0 Å². The predicted octanol–water partition coefficient (Wildman–Crippen LogP) is 4.12. The Bertz CT molecular complexity index is 355. The monoisotopic (exact) mass is 269 g/mol. The molecule has 0 saturated carbocycles. The number of rotatable bonds is 2. The van der Waals surface area contributed by atoms with Crippen LogP contribution in [0, 0.1) is 6.92 Å². The Morgan fingerprint density at radius 2 is 1.81 bits per heavy atom. The van der Waals surface area contributed by atoms with Crippen molar-refractivity contribution in [2.75, 3.05) is 13.1 Å². The van der Waals surface area contributed by atoms with Crippen molar-refractivity contribution < 1.29 is 0 Å². The summed E-state index contributed by atoms with van der Waals surface area (Å²) in [6.07, 6.45) is 2.58. The molecule has 1 heterocycles. The van der Waals surface area contributed by atoms with E-state index < -0.39 is 0 Å². The minimum absolute atomic E-state index is 1.03. The van der Waals surface area contributed by atoms with Crippen LogP contribution in [-0.4, -0.2) is 22.3 Å². The fraction of sp³-hybridized carbons (Fsp3) is 0.417. The van der Waals surface area contributed by atoms with Crippen molar-refractivity contribution in [3.05, 3.63) is 29.8 Å². The van der Waals surface area contributed by atoms with Gasteiger partial charge in [-0.1, -0.05) is 40.7 Å². The first kappa shape index (κ1) is 12.3. The first-order valence-corrected chi connectivity index (χ1v) is 8.01. The van der Waals surface area contributed by atoms with E-state index in [-0.39, 0.29) is 0 Å². The van der Waals surface area contributed by atoms with Crippen molar-refractivity contribution >= 4 is 38.1 Å². The maximum Gasteiger partial charge on any atom is 0.147 e. The third-order valence-electron chi connectivity index (χ3n) is 2.59. The lowest BCUT2D eigenvalue weighted by atomic mass is 10.2. The van der Waals surface area contributed by atoms with Gasteiger partial charge in [-0.25, -0.2) is 0 Å². The van der Waals surface area contributed by atoms with Crippen molar-refractivity contribution in [3.8, 4) is 0 Å². The Balaban J connectivity index is 1.82. The molecule has 0 N–H and O–H groups in total. The molecule has 86 valence electrons. The molecule has 1 fully saturated rings. The van der Waals surface area contributed by atoms with Crippen LogP contribution in [0.25, 0.3) is 0 Å². The molecule has 2 rings (SSSR count). The van der Waals surface area contributed by atoms with Gasteiger partial charge in [-0.05, 0) is 42.7 Å². The van der Waals surface area contributed by atoms with Crippen molar-refractivity contribution in [1.29, 1.82) is 0 Å². The summed E-state index contributed by atoms with van der Waals surface area (Å²) in [5, 5.41) is 0. The van der Waals surface area contributed by atoms with Gasteiger partial charge >= 0.3 is 0 Å². The van der Waals surface area contributed by atoms with Crippen LogP contribution < -0.4 is 0 Å². The number of hydrogen-bond donors (Lipinski definition) is 0. The molecule has 1 nitrogen and oxygen atoms in total. The van der Waals surface area contributed by atoms with Gasteiger partial charge in [0.1, 0.15) is 4.32 Å². The van der Waals surface area contributed by atoms with Gasteiger partial charge in [-0.3, -0.25) is 0 Å². The molecule has 1 aliphatic rings. The van der Waals surface area contributed by atoms with Gasteiger partial charge in [-0.15, -0.1) is 0 Å². The SMILES string of the molecule is Cc1ccc(SSC(=S)N2CCCC2)cc1. The molecule has 1 aliphatic heterocycles. The third-order valence-corrected chi connectivity index (χ3v) is 5.67. The second kappa shape index (κ2) is 5.94. The molecular weight excluding hydrogens is 254 g/mol. The summed E-state index contributed by atoms with van der Waals surface area (Å²) in [4.78, 5) is 3.58. The summed E-state index contributed by atoms with van der Waals surface area (Å²) in [6.45, 7) is 4.39. The highest BCUT2D eigenvalue weighted by Crippen LogP contribution is 2.34. The zero-order chi connectivity index (χ0) is 11.4. The molecule has 0 unspecified atom stereocenters. The molecule has 1 saturated heterocycles.